The third kappa shape index (κ3) is 5.43. The normalized spacial score (nSPS) is 11.3. The van der Waals surface area contributed by atoms with Gasteiger partial charge in [-0.25, -0.2) is 4.39 Å². The first kappa shape index (κ1) is 20.1. The van der Waals surface area contributed by atoms with Crippen LogP contribution in [0.5, 0.6) is 5.75 Å². The SMILES string of the molecule is CCc1ccc([C@H](NC(=O)COc2ccc(C#N)cc2)c2cccc(F)c2)cc1. The zero-order chi connectivity index (χ0) is 20.6. The molecule has 146 valence electrons. The van der Waals surface area contributed by atoms with Crippen molar-refractivity contribution in [2.75, 3.05) is 6.61 Å². The third-order valence-electron chi connectivity index (χ3n) is 4.56. The largest absolute Gasteiger partial charge is 0.484 e. The molecule has 3 rings (SSSR count). The Labute approximate surface area is 169 Å². The van der Waals surface area contributed by atoms with Crippen LogP contribution < -0.4 is 10.1 Å². The minimum Gasteiger partial charge on any atom is -0.484 e. The van der Waals surface area contributed by atoms with Gasteiger partial charge in [-0.15, -0.1) is 0 Å². The van der Waals surface area contributed by atoms with Crippen molar-refractivity contribution in [1.29, 1.82) is 5.26 Å². The number of halogens is 1. The van der Waals surface area contributed by atoms with Crippen molar-refractivity contribution in [1.82, 2.24) is 5.32 Å². The minimum atomic E-state index is -0.492. The zero-order valence-electron chi connectivity index (χ0n) is 16.1. The Hall–Kier alpha value is -3.65. The molecule has 0 spiro atoms. The van der Waals surface area contributed by atoms with Crippen molar-refractivity contribution in [3.63, 3.8) is 0 Å². The van der Waals surface area contributed by atoms with E-state index in [1.165, 1.54) is 17.7 Å². The highest BCUT2D eigenvalue weighted by atomic mass is 19.1. The van der Waals surface area contributed by atoms with Gasteiger partial charge in [-0.2, -0.15) is 5.26 Å². The summed E-state index contributed by atoms with van der Waals surface area (Å²) in [6.07, 6.45) is 0.912. The summed E-state index contributed by atoms with van der Waals surface area (Å²) >= 11 is 0. The van der Waals surface area contributed by atoms with Gasteiger partial charge >= 0.3 is 0 Å². The molecule has 0 aliphatic rings. The summed E-state index contributed by atoms with van der Waals surface area (Å²) < 4.78 is 19.3. The highest BCUT2D eigenvalue weighted by Gasteiger charge is 2.18. The number of rotatable bonds is 7. The minimum absolute atomic E-state index is 0.190. The van der Waals surface area contributed by atoms with Gasteiger partial charge < -0.3 is 10.1 Å². The van der Waals surface area contributed by atoms with Crippen LogP contribution in [0.2, 0.25) is 0 Å². The number of nitrogens with one attached hydrogen (secondary N) is 1. The van der Waals surface area contributed by atoms with Gasteiger partial charge in [0.05, 0.1) is 17.7 Å². The van der Waals surface area contributed by atoms with E-state index in [0.717, 1.165) is 12.0 Å². The van der Waals surface area contributed by atoms with E-state index in [1.807, 2.05) is 30.3 Å². The molecular weight excluding hydrogens is 367 g/mol. The van der Waals surface area contributed by atoms with Crippen molar-refractivity contribution in [2.45, 2.75) is 19.4 Å². The highest BCUT2D eigenvalue weighted by molar-refractivity contribution is 5.78. The Kier molecular flexibility index (Phi) is 6.59. The molecule has 29 heavy (non-hydrogen) atoms. The van der Waals surface area contributed by atoms with Crippen LogP contribution in [0.25, 0.3) is 0 Å². The topological polar surface area (TPSA) is 62.1 Å². The van der Waals surface area contributed by atoms with Gasteiger partial charge in [0.25, 0.3) is 5.91 Å². The molecule has 0 aliphatic carbocycles. The zero-order valence-corrected chi connectivity index (χ0v) is 16.1. The molecular formula is C24H21FN2O2. The maximum Gasteiger partial charge on any atom is 0.258 e. The standard InChI is InChI=1S/C24H21FN2O2/c1-2-17-6-10-19(11-7-17)24(20-4-3-5-21(25)14-20)27-23(28)16-29-22-12-8-18(15-26)9-13-22/h3-14,24H,2,16H2,1H3,(H,27,28)/t24-/m0/s1. The van der Waals surface area contributed by atoms with Crippen LogP contribution in [-0.4, -0.2) is 12.5 Å². The molecule has 0 aromatic heterocycles. The van der Waals surface area contributed by atoms with Crippen LogP contribution in [0.1, 0.15) is 35.2 Å². The summed E-state index contributed by atoms with van der Waals surface area (Å²) in [5.41, 5.74) is 3.21. The number of benzene rings is 3. The van der Waals surface area contributed by atoms with Crippen molar-refractivity contribution in [2.24, 2.45) is 0 Å². The Balaban J connectivity index is 1.74. The second-order valence-electron chi connectivity index (χ2n) is 6.58. The number of nitriles is 1. The number of amides is 1. The summed E-state index contributed by atoms with van der Waals surface area (Å²) in [6, 6.07) is 22.1. The van der Waals surface area contributed by atoms with E-state index in [1.54, 1.807) is 36.4 Å². The second-order valence-corrected chi connectivity index (χ2v) is 6.58. The molecule has 0 radical (unpaired) electrons. The molecule has 0 aliphatic heterocycles. The van der Waals surface area contributed by atoms with E-state index in [2.05, 4.69) is 12.2 Å². The lowest BCUT2D eigenvalue weighted by atomic mass is 9.97. The van der Waals surface area contributed by atoms with Crippen LogP contribution in [-0.2, 0) is 11.2 Å². The predicted octanol–water partition coefficient (Wildman–Crippen LogP) is 4.54. The molecule has 5 heteroatoms. The fourth-order valence-corrected chi connectivity index (χ4v) is 2.97. The van der Waals surface area contributed by atoms with E-state index in [-0.39, 0.29) is 18.3 Å². The van der Waals surface area contributed by atoms with E-state index in [9.17, 15) is 9.18 Å². The molecule has 0 heterocycles. The molecule has 0 fully saturated rings. The van der Waals surface area contributed by atoms with Crippen LogP contribution in [0, 0.1) is 17.1 Å². The van der Waals surface area contributed by atoms with E-state index in [4.69, 9.17) is 10.00 Å². The van der Waals surface area contributed by atoms with Crippen molar-refractivity contribution in [3.05, 3.63) is 101 Å². The lowest BCUT2D eigenvalue weighted by Crippen LogP contribution is -2.33. The average Bonchev–Trinajstić information content (AvgIpc) is 2.76. The molecule has 4 nitrogen and oxygen atoms in total. The Morgan fingerprint density at radius 3 is 2.41 bits per heavy atom. The maximum absolute atomic E-state index is 13.8. The van der Waals surface area contributed by atoms with Crippen LogP contribution >= 0.6 is 0 Å². The van der Waals surface area contributed by atoms with E-state index in [0.29, 0.717) is 16.9 Å². The Morgan fingerprint density at radius 2 is 1.79 bits per heavy atom. The van der Waals surface area contributed by atoms with Gasteiger partial charge in [0.2, 0.25) is 0 Å². The van der Waals surface area contributed by atoms with Crippen molar-refractivity contribution >= 4 is 5.91 Å². The number of carbonyl (C=O) groups excluding carboxylic acids is 1. The molecule has 0 saturated heterocycles. The number of nitrogens with zero attached hydrogens (tertiary/aromatic N) is 1. The molecule has 1 amide bonds. The third-order valence-corrected chi connectivity index (χ3v) is 4.56. The highest BCUT2D eigenvalue weighted by Crippen LogP contribution is 2.23. The number of hydrogen-bond acceptors (Lipinski definition) is 3. The van der Waals surface area contributed by atoms with Crippen LogP contribution in [0.3, 0.4) is 0 Å². The summed E-state index contributed by atoms with van der Waals surface area (Å²) in [5, 5.41) is 11.8. The summed E-state index contributed by atoms with van der Waals surface area (Å²) in [4.78, 5) is 12.5. The predicted molar refractivity (Wildman–Crippen MR) is 109 cm³/mol. The van der Waals surface area contributed by atoms with Crippen LogP contribution in [0.4, 0.5) is 4.39 Å². The number of carbonyl (C=O) groups is 1. The van der Waals surface area contributed by atoms with Gasteiger partial charge in [0, 0.05) is 0 Å². The van der Waals surface area contributed by atoms with Crippen molar-refractivity contribution < 1.29 is 13.9 Å². The molecule has 0 bridgehead atoms. The molecule has 3 aromatic rings. The molecule has 0 saturated carbocycles. The Bertz CT molecular complexity index is 1010. The lowest BCUT2D eigenvalue weighted by molar-refractivity contribution is -0.123. The summed E-state index contributed by atoms with van der Waals surface area (Å²) in [7, 11) is 0. The monoisotopic (exact) mass is 388 g/mol. The van der Waals surface area contributed by atoms with Gasteiger partial charge in [0.1, 0.15) is 11.6 Å². The van der Waals surface area contributed by atoms with Crippen molar-refractivity contribution in [3.8, 4) is 11.8 Å². The number of ether oxygens (including phenoxy) is 1. The molecule has 3 aromatic carbocycles. The number of hydrogen-bond donors (Lipinski definition) is 1. The van der Waals surface area contributed by atoms with Gasteiger partial charge in [-0.3, -0.25) is 4.79 Å². The molecule has 0 unspecified atom stereocenters. The van der Waals surface area contributed by atoms with Gasteiger partial charge in [-0.05, 0) is 59.5 Å². The first-order valence-electron chi connectivity index (χ1n) is 9.35. The van der Waals surface area contributed by atoms with Crippen LogP contribution in [0.15, 0.2) is 72.8 Å². The average molecular weight is 388 g/mol. The maximum atomic E-state index is 13.8. The fourth-order valence-electron chi connectivity index (χ4n) is 2.97. The second kappa shape index (κ2) is 9.52. The number of aryl methyl sites for hydroxylation is 1. The Morgan fingerprint density at radius 1 is 1.07 bits per heavy atom. The van der Waals surface area contributed by atoms with Gasteiger partial charge in [0.15, 0.2) is 6.61 Å². The van der Waals surface area contributed by atoms with Gasteiger partial charge in [-0.1, -0.05) is 43.3 Å². The first-order valence-corrected chi connectivity index (χ1v) is 9.35. The quantitative estimate of drug-likeness (QED) is 0.646. The molecule has 1 atom stereocenters. The lowest BCUT2D eigenvalue weighted by Gasteiger charge is -2.20. The molecule has 1 N–H and O–H groups in total. The summed E-state index contributed by atoms with van der Waals surface area (Å²) in [5.74, 6) is -0.197. The smallest absolute Gasteiger partial charge is 0.258 e. The van der Waals surface area contributed by atoms with E-state index >= 15 is 0 Å². The first-order chi connectivity index (χ1) is 14.1. The summed E-state index contributed by atoms with van der Waals surface area (Å²) in [6.45, 7) is 1.88. The fraction of sp³-hybridized carbons (Fsp3) is 0.167. The van der Waals surface area contributed by atoms with E-state index < -0.39 is 6.04 Å².